The van der Waals surface area contributed by atoms with E-state index >= 15 is 0 Å². The van der Waals surface area contributed by atoms with Crippen molar-refractivity contribution in [1.82, 2.24) is 9.78 Å². The van der Waals surface area contributed by atoms with Crippen molar-refractivity contribution in [3.63, 3.8) is 0 Å². The standard InChI is InChI=1S/C18H15ClN4O5/c1-27-16-10-17(28-2)15(9-13(16)19)20-18(24)14-6-7-22(21-14)11-4-3-5-12(8-11)23(25)26/h3-10H,1-2H3,(H,20,24). The highest BCUT2D eigenvalue weighted by atomic mass is 35.5. The van der Waals surface area contributed by atoms with E-state index in [1.807, 2.05) is 0 Å². The fourth-order valence-corrected chi connectivity index (χ4v) is 2.72. The zero-order valence-electron chi connectivity index (χ0n) is 14.9. The zero-order chi connectivity index (χ0) is 20.3. The first-order chi connectivity index (χ1) is 13.4. The quantitative estimate of drug-likeness (QED) is 0.497. The van der Waals surface area contributed by atoms with E-state index in [1.165, 1.54) is 49.4 Å². The molecule has 1 amide bonds. The van der Waals surface area contributed by atoms with Gasteiger partial charge in [-0.2, -0.15) is 5.10 Å². The lowest BCUT2D eigenvalue weighted by Crippen LogP contribution is -2.14. The van der Waals surface area contributed by atoms with E-state index in [2.05, 4.69) is 10.4 Å². The number of carbonyl (C=O) groups is 1. The Morgan fingerprint density at radius 1 is 1.18 bits per heavy atom. The molecule has 2 aromatic carbocycles. The van der Waals surface area contributed by atoms with Crippen molar-refractivity contribution < 1.29 is 19.2 Å². The number of nitro benzene ring substituents is 1. The maximum atomic E-state index is 12.5. The average Bonchev–Trinajstić information content (AvgIpc) is 3.19. The molecule has 3 rings (SSSR count). The van der Waals surface area contributed by atoms with Crippen LogP contribution in [0.15, 0.2) is 48.7 Å². The molecule has 1 N–H and O–H groups in total. The fraction of sp³-hybridized carbons (Fsp3) is 0.111. The van der Waals surface area contributed by atoms with E-state index in [-0.39, 0.29) is 11.4 Å². The van der Waals surface area contributed by atoms with Crippen LogP contribution in [-0.4, -0.2) is 34.8 Å². The highest BCUT2D eigenvalue weighted by Gasteiger charge is 2.16. The molecule has 0 fully saturated rings. The Morgan fingerprint density at radius 3 is 2.61 bits per heavy atom. The molecule has 144 valence electrons. The van der Waals surface area contributed by atoms with Gasteiger partial charge in [-0.15, -0.1) is 0 Å². The van der Waals surface area contributed by atoms with E-state index in [1.54, 1.807) is 18.2 Å². The van der Waals surface area contributed by atoms with Crippen molar-refractivity contribution in [2.45, 2.75) is 0 Å². The average molecular weight is 403 g/mol. The fourth-order valence-electron chi connectivity index (χ4n) is 2.48. The first-order valence-electron chi connectivity index (χ1n) is 7.96. The number of non-ortho nitro benzene ring substituents is 1. The molecule has 10 heteroatoms. The van der Waals surface area contributed by atoms with Crippen molar-refractivity contribution >= 4 is 28.9 Å². The van der Waals surface area contributed by atoms with Gasteiger partial charge in [0.05, 0.1) is 35.5 Å². The first kappa shape index (κ1) is 19.2. The number of halogens is 1. The Labute approximate surface area is 164 Å². The van der Waals surface area contributed by atoms with Crippen LogP contribution in [0, 0.1) is 10.1 Å². The Hall–Kier alpha value is -3.59. The van der Waals surface area contributed by atoms with Gasteiger partial charge in [0.25, 0.3) is 11.6 Å². The third kappa shape index (κ3) is 3.89. The number of nitro groups is 1. The molecule has 0 atom stereocenters. The molecule has 1 aromatic heterocycles. The second-order valence-electron chi connectivity index (χ2n) is 5.56. The largest absolute Gasteiger partial charge is 0.495 e. The number of aromatic nitrogens is 2. The number of carbonyl (C=O) groups excluding carboxylic acids is 1. The number of ether oxygens (including phenoxy) is 2. The van der Waals surface area contributed by atoms with Gasteiger partial charge >= 0.3 is 0 Å². The Bertz CT molecular complexity index is 1050. The van der Waals surface area contributed by atoms with Gasteiger partial charge in [0.15, 0.2) is 5.69 Å². The maximum absolute atomic E-state index is 12.5. The molecule has 9 nitrogen and oxygen atoms in total. The van der Waals surface area contributed by atoms with Crippen molar-refractivity contribution in [3.05, 3.63) is 69.5 Å². The SMILES string of the molecule is COc1cc(OC)c(NC(=O)c2ccn(-c3cccc([N+](=O)[O-])c3)n2)cc1Cl. The molecule has 0 saturated heterocycles. The lowest BCUT2D eigenvalue weighted by atomic mass is 10.2. The lowest BCUT2D eigenvalue weighted by Gasteiger charge is -2.12. The molecule has 0 bridgehead atoms. The first-order valence-corrected chi connectivity index (χ1v) is 8.34. The van der Waals surface area contributed by atoms with Crippen LogP contribution in [0.1, 0.15) is 10.5 Å². The smallest absolute Gasteiger partial charge is 0.276 e. The summed E-state index contributed by atoms with van der Waals surface area (Å²) in [5, 5.41) is 18.1. The predicted octanol–water partition coefficient (Wildman–Crippen LogP) is 3.70. The number of hydrogen-bond acceptors (Lipinski definition) is 6. The minimum absolute atomic E-state index is 0.0726. The molecule has 0 radical (unpaired) electrons. The minimum Gasteiger partial charge on any atom is -0.495 e. The molecule has 0 aliphatic rings. The van der Waals surface area contributed by atoms with Crippen LogP contribution in [0.3, 0.4) is 0 Å². The highest BCUT2D eigenvalue weighted by molar-refractivity contribution is 6.32. The number of rotatable bonds is 6. The molecule has 3 aromatic rings. The molecule has 0 spiro atoms. The summed E-state index contributed by atoms with van der Waals surface area (Å²) >= 11 is 6.11. The van der Waals surface area contributed by atoms with Gasteiger partial charge in [-0.05, 0) is 18.2 Å². The minimum atomic E-state index is -0.500. The van der Waals surface area contributed by atoms with Gasteiger partial charge in [-0.3, -0.25) is 14.9 Å². The third-order valence-electron chi connectivity index (χ3n) is 3.85. The Balaban J connectivity index is 1.85. The van der Waals surface area contributed by atoms with Crippen molar-refractivity contribution in [2.24, 2.45) is 0 Å². The van der Waals surface area contributed by atoms with Crippen LogP contribution in [0.2, 0.25) is 5.02 Å². The van der Waals surface area contributed by atoms with E-state index in [4.69, 9.17) is 21.1 Å². The molecular formula is C18H15ClN4O5. The van der Waals surface area contributed by atoms with Gasteiger partial charge in [-0.1, -0.05) is 17.7 Å². The van der Waals surface area contributed by atoms with Crippen molar-refractivity contribution in [1.29, 1.82) is 0 Å². The van der Waals surface area contributed by atoms with E-state index in [0.29, 0.717) is 27.9 Å². The molecule has 1 heterocycles. The maximum Gasteiger partial charge on any atom is 0.276 e. The van der Waals surface area contributed by atoms with Crippen LogP contribution >= 0.6 is 11.6 Å². The number of nitrogens with zero attached hydrogens (tertiary/aromatic N) is 3. The van der Waals surface area contributed by atoms with Crippen molar-refractivity contribution in [2.75, 3.05) is 19.5 Å². The number of hydrogen-bond donors (Lipinski definition) is 1. The lowest BCUT2D eigenvalue weighted by molar-refractivity contribution is -0.384. The summed E-state index contributed by atoms with van der Waals surface area (Å²) in [7, 11) is 2.93. The van der Waals surface area contributed by atoms with Crippen LogP contribution in [0.5, 0.6) is 11.5 Å². The molecule has 0 aliphatic heterocycles. The summed E-state index contributed by atoms with van der Waals surface area (Å²) in [4.78, 5) is 23.0. The van der Waals surface area contributed by atoms with Crippen LogP contribution in [0.25, 0.3) is 5.69 Å². The van der Waals surface area contributed by atoms with Gasteiger partial charge in [0.1, 0.15) is 11.5 Å². The molecule has 0 saturated carbocycles. The van der Waals surface area contributed by atoms with Gasteiger partial charge < -0.3 is 14.8 Å². The Kier molecular flexibility index (Phi) is 5.46. The highest BCUT2D eigenvalue weighted by Crippen LogP contribution is 2.36. The van der Waals surface area contributed by atoms with Crippen LogP contribution < -0.4 is 14.8 Å². The molecule has 28 heavy (non-hydrogen) atoms. The molecule has 0 unspecified atom stereocenters. The topological polar surface area (TPSA) is 109 Å². The van der Waals surface area contributed by atoms with E-state index < -0.39 is 10.8 Å². The van der Waals surface area contributed by atoms with Crippen molar-refractivity contribution in [3.8, 4) is 17.2 Å². The zero-order valence-corrected chi connectivity index (χ0v) is 15.6. The second-order valence-corrected chi connectivity index (χ2v) is 5.97. The second kappa shape index (κ2) is 7.97. The van der Waals surface area contributed by atoms with E-state index in [0.717, 1.165) is 0 Å². The summed E-state index contributed by atoms with van der Waals surface area (Å²) in [6.07, 6.45) is 1.53. The third-order valence-corrected chi connectivity index (χ3v) is 4.14. The van der Waals surface area contributed by atoms with Crippen LogP contribution in [0.4, 0.5) is 11.4 Å². The number of benzene rings is 2. The van der Waals surface area contributed by atoms with E-state index in [9.17, 15) is 14.9 Å². The summed E-state index contributed by atoms with van der Waals surface area (Å²) in [6, 6.07) is 10.5. The van der Waals surface area contributed by atoms with Crippen LogP contribution in [-0.2, 0) is 0 Å². The number of anilines is 1. The number of nitrogens with one attached hydrogen (secondary N) is 1. The number of amides is 1. The number of methoxy groups -OCH3 is 2. The molecular weight excluding hydrogens is 388 g/mol. The van der Waals surface area contributed by atoms with Gasteiger partial charge in [0, 0.05) is 24.4 Å². The molecule has 0 aliphatic carbocycles. The summed E-state index contributed by atoms with van der Waals surface area (Å²) in [6.45, 7) is 0. The van der Waals surface area contributed by atoms with Gasteiger partial charge in [0.2, 0.25) is 0 Å². The normalized spacial score (nSPS) is 10.4. The summed E-state index contributed by atoms with van der Waals surface area (Å²) in [5.41, 5.74) is 0.846. The Morgan fingerprint density at radius 2 is 1.93 bits per heavy atom. The van der Waals surface area contributed by atoms with Gasteiger partial charge in [-0.25, -0.2) is 4.68 Å². The monoisotopic (exact) mass is 402 g/mol. The summed E-state index contributed by atoms with van der Waals surface area (Å²) in [5.74, 6) is 0.280. The summed E-state index contributed by atoms with van der Waals surface area (Å²) < 4.78 is 11.7. The predicted molar refractivity (Wildman–Crippen MR) is 103 cm³/mol.